The molecule has 144 valence electrons. The standard InChI is InChI=1S/C16H30O7S.Na.H/c1-2-3-4-5-6-7-8-9-10-11-12-23-16(19)14(13-15(17)18)24(20,21)22;;/h14H,2-13H2,1H3,(H,17,18)(H,20,21,22);;/q;+1;-1. The number of carbonyl (C=O) groups is 2. The van der Waals surface area contributed by atoms with Gasteiger partial charge in [-0.1, -0.05) is 64.7 Å². The van der Waals surface area contributed by atoms with Crippen LogP contribution in [-0.4, -0.2) is 41.9 Å². The van der Waals surface area contributed by atoms with Crippen molar-refractivity contribution in [2.75, 3.05) is 6.61 Å². The molecule has 0 amide bonds. The Labute approximate surface area is 174 Å². The van der Waals surface area contributed by atoms with Gasteiger partial charge in [-0.2, -0.15) is 8.42 Å². The molecule has 0 rings (SSSR count). The van der Waals surface area contributed by atoms with E-state index in [0.29, 0.717) is 6.42 Å². The van der Waals surface area contributed by atoms with Gasteiger partial charge in [-0.3, -0.25) is 14.1 Å². The van der Waals surface area contributed by atoms with Gasteiger partial charge in [-0.25, -0.2) is 0 Å². The zero-order valence-corrected chi connectivity index (χ0v) is 18.2. The molecule has 0 saturated carbocycles. The minimum atomic E-state index is -4.78. The molecule has 9 heteroatoms. The number of aliphatic carboxylic acids is 1. The molecule has 0 bridgehead atoms. The van der Waals surface area contributed by atoms with E-state index in [1.807, 2.05) is 0 Å². The number of hydrogen-bond donors (Lipinski definition) is 2. The first kappa shape index (κ1) is 27.1. The van der Waals surface area contributed by atoms with E-state index >= 15 is 0 Å². The molecule has 2 N–H and O–H groups in total. The van der Waals surface area contributed by atoms with E-state index in [0.717, 1.165) is 19.3 Å². The largest absolute Gasteiger partial charge is 1.00 e. The van der Waals surface area contributed by atoms with Crippen LogP contribution in [0.4, 0.5) is 0 Å². The molecule has 1 atom stereocenters. The molecule has 0 saturated heterocycles. The molecule has 25 heavy (non-hydrogen) atoms. The number of rotatable bonds is 15. The van der Waals surface area contributed by atoms with Crippen molar-refractivity contribution in [1.29, 1.82) is 0 Å². The molecule has 0 aliphatic carbocycles. The monoisotopic (exact) mass is 390 g/mol. The summed E-state index contributed by atoms with van der Waals surface area (Å²) in [5, 5.41) is 6.52. The van der Waals surface area contributed by atoms with Crippen LogP contribution in [0.3, 0.4) is 0 Å². The predicted octanol–water partition coefficient (Wildman–Crippen LogP) is 0.298. The van der Waals surface area contributed by atoms with Crippen molar-refractivity contribution in [2.45, 2.75) is 82.8 Å². The maximum absolute atomic E-state index is 11.6. The third-order valence-corrected chi connectivity index (χ3v) is 4.80. The fraction of sp³-hybridized carbons (Fsp3) is 0.875. The van der Waals surface area contributed by atoms with Crippen LogP contribution in [0.1, 0.15) is 79.0 Å². The van der Waals surface area contributed by atoms with Gasteiger partial charge in [-0.15, -0.1) is 0 Å². The number of carbonyl (C=O) groups excluding carboxylic acids is 1. The minimum Gasteiger partial charge on any atom is -1.00 e. The summed E-state index contributed by atoms with van der Waals surface area (Å²) < 4.78 is 35.6. The maximum Gasteiger partial charge on any atom is 1.00 e. The first-order chi connectivity index (χ1) is 11.3. The molecule has 7 nitrogen and oxygen atoms in total. The predicted molar refractivity (Wildman–Crippen MR) is 91.5 cm³/mol. The van der Waals surface area contributed by atoms with Crippen LogP contribution in [-0.2, 0) is 24.4 Å². The van der Waals surface area contributed by atoms with Crippen molar-refractivity contribution in [3.05, 3.63) is 0 Å². The summed E-state index contributed by atoms with van der Waals surface area (Å²) in [4.78, 5) is 22.1. The zero-order chi connectivity index (χ0) is 18.4. The molecule has 0 aliphatic rings. The quantitative estimate of drug-likeness (QED) is 0.179. The van der Waals surface area contributed by atoms with E-state index in [1.54, 1.807) is 0 Å². The van der Waals surface area contributed by atoms with Crippen LogP contribution in [0, 0.1) is 0 Å². The van der Waals surface area contributed by atoms with Gasteiger partial charge in [0.05, 0.1) is 13.0 Å². The SMILES string of the molecule is CCCCCCCCCCCCOC(=O)C(CC(=O)O)S(=O)(=O)O.[H-].[Na+]. The van der Waals surface area contributed by atoms with E-state index in [4.69, 9.17) is 14.4 Å². The molecule has 0 heterocycles. The third-order valence-electron chi connectivity index (χ3n) is 3.72. The number of carboxylic acids is 1. The smallest absolute Gasteiger partial charge is 1.00 e. The summed E-state index contributed by atoms with van der Waals surface area (Å²) in [6.45, 7) is 2.22. The second-order valence-electron chi connectivity index (χ2n) is 5.95. The molecule has 0 radical (unpaired) electrons. The van der Waals surface area contributed by atoms with E-state index in [2.05, 4.69) is 6.92 Å². The van der Waals surface area contributed by atoms with Gasteiger partial charge >= 0.3 is 41.5 Å². The van der Waals surface area contributed by atoms with Gasteiger partial charge in [0.15, 0.2) is 5.25 Å². The molecular formula is C16H31NaO7S. The van der Waals surface area contributed by atoms with Crippen molar-refractivity contribution in [3.63, 3.8) is 0 Å². The number of carboxylic acid groups (broad SMARTS) is 1. The zero-order valence-electron chi connectivity index (χ0n) is 16.4. The van der Waals surface area contributed by atoms with E-state index in [-0.39, 0.29) is 37.6 Å². The number of ether oxygens (including phenoxy) is 1. The van der Waals surface area contributed by atoms with Crippen molar-refractivity contribution in [3.8, 4) is 0 Å². The Morgan fingerprint density at radius 3 is 1.80 bits per heavy atom. The number of esters is 1. The van der Waals surface area contributed by atoms with E-state index in [1.165, 1.54) is 38.5 Å². The topological polar surface area (TPSA) is 118 Å². The van der Waals surface area contributed by atoms with Crippen LogP contribution in [0.2, 0.25) is 0 Å². The second-order valence-corrected chi connectivity index (χ2v) is 7.55. The number of hydrogen-bond acceptors (Lipinski definition) is 5. The summed E-state index contributed by atoms with van der Waals surface area (Å²) in [5.74, 6) is -2.70. The Balaban J connectivity index is -0.00000264. The van der Waals surface area contributed by atoms with Crippen molar-refractivity contribution in [2.24, 2.45) is 0 Å². The fourth-order valence-electron chi connectivity index (χ4n) is 2.32. The molecule has 1 unspecified atom stereocenters. The summed E-state index contributed by atoms with van der Waals surface area (Å²) in [7, 11) is -4.78. The van der Waals surface area contributed by atoms with Crippen LogP contribution in [0.25, 0.3) is 0 Å². The normalized spacial score (nSPS) is 12.2. The van der Waals surface area contributed by atoms with Gasteiger partial charge in [0.25, 0.3) is 10.1 Å². The van der Waals surface area contributed by atoms with E-state index < -0.39 is 33.7 Å². The fourth-order valence-corrected chi connectivity index (χ4v) is 2.99. The third kappa shape index (κ3) is 15.8. The Kier molecular flexibility index (Phi) is 17.4. The average molecular weight is 390 g/mol. The first-order valence-corrected chi connectivity index (χ1v) is 10.1. The van der Waals surface area contributed by atoms with Gasteiger partial charge in [0.1, 0.15) is 0 Å². The Morgan fingerprint density at radius 2 is 1.40 bits per heavy atom. The molecule has 0 aromatic carbocycles. The minimum absolute atomic E-state index is 0. The molecule has 0 fully saturated rings. The molecule has 0 spiro atoms. The van der Waals surface area contributed by atoms with Gasteiger partial charge in [-0.05, 0) is 6.42 Å². The molecule has 0 aliphatic heterocycles. The van der Waals surface area contributed by atoms with Crippen LogP contribution in [0.5, 0.6) is 0 Å². The summed E-state index contributed by atoms with van der Waals surface area (Å²) >= 11 is 0. The van der Waals surface area contributed by atoms with Crippen LogP contribution in [0.15, 0.2) is 0 Å². The summed E-state index contributed by atoms with van der Waals surface area (Å²) in [5.41, 5.74) is 0. The Bertz CT molecular complexity index is 471. The summed E-state index contributed by atoms with van der Waals surface area (Å²) in [6, 6.07) is 0. The van der Waals surface area contributed by atoms with Gasteiger partial charge < -0.3 is 11.3 Å². The van der Waals surface area contributed by atoms with Crippen LogP contribution < -0.4 is 29.6 Å². The van der Waals surface area contributed by atoms with E-state index in [9.17, 15) is 18.0 Å². The van der Waals surface area contributed by atoms with Crippen molar-refractivity contribution in [1.82, 2.24) is 0 Å². The second kappa shape index (κ2) is 16.1. The maximum atomic E-state index is 11.6. The molecule has 0 aromatic heterocycles. The summed E-state index contributed by atoms with van der Waals surface area (Å²) in [6.07, 6.45) is 10.1. The van der Waals surface area contributed by atoms with Crippen molar-refractivity contribution < 1.29 is 63.4 Å². The van der Waals surface area contributed by atoms with Crippen molar-refractivity contribution >= 4 is 22.1 Å². The first-order valence-electron chi connectivity index (χ1n) is 8.63. The van der Waals surface area contributed by atoms with Crippen LogP contribution >= 0.6 is 0 Å². The molecule has 0 aromatic rings. The van der Waals surface area contributed by atoms with Gasteiger partial charge in [0.2, 0.25) is 0 Å². The van der Waals surface area contributed by atoms with Gasteiger partial charge in [0, 0.05) is 0 Å². The Morgan fingerprint density at radius 1 is 0.960 bits per heavy atom. The average Bonchev–Trinajstić information content (AvgIpc) is 2.48. The molecular weight excluding hydrogens is 359 g/mol. The Hall–Kier alpha value is -0.150. The number of unbranched alkanes of at least 4 members (excludes halogenated alkanes) is 9.